The average molecular weight is 298 g/mol. The van der Waals surface area contributed by atoms with Gasteiger partial charge < -0.3 is 9.84 Å². The SMILES string of the molecule is O=C(O)c1cncnc1COc1ccccc1C(F)(F)F. The molecule has 0 unspecified atom stereocenters. The molecule has 2 aromatic rings. The van der Waals surface area contributed by atoms with Crippen LogP contribution in [-0.2, 0) is 12.8 Å². The van der Waals surface area contributed by atoms with Gasteiger partial charge in [0.1, 0.15) is 24.2 Å². The number of ether oxygens (including phenoxy) is 1. The van der Waals surface area contributed by atoms with E-state index in [9.17, 15) is 18.0 Å². The fraction of sp³-hybridized carbons (Fsp3) is 0.154. The van der Waals surface area contributed by atoms with Crippen molar-refractivity contribution >= 4 is 5.97 Å². The molecule has 8 heteroatoms. The second-order valence-electron chi connectivity index (χ2n) is 3.97. The highest BCUT2D eigenvalue weighted by molar-refractivity contribution is 5.88. The molecule has 0 saturated heterocycles. The number of para-hydroxylation sites is 1. The molecule has 0 aliphatic carbocycles. The number of carboxylic acid groups (broad SMARTS) is 1. The number of benzene rings is 1. The van der Waals surface area contributed by atoms with E-state index in [0.717, 1.165) is 24.7 Å². The molecule has 5 nitrogen and oxygen atoms in total. The van der Waals surface area contributed by atoms with Gasteiger partial charge in [-0.1, -0.05) is 12.1 Å². The number of hydrogen-bond donors (Lipinski definition) is 1. The van der Waals surface area contributed by atoms with E-state index in [1.807, 2.05) is 0 Å². The van der Waals surface area contributed by atoms with E-state index in [4.69, 9.17) is 9.84 Å². The van der Waals surface area contributed by atoms with Crippen LogP contribution < -0.4 is 4.74 Å². The van der Waals surface area contributed by atoms with Crippen molar-refractivity contribution in [3.63, 3.8) is 0 Å². The lowest BCUT2D eigenvalue weighted by Crippen LogP contribution is -2.11. The topological polar surface area (TPSA) is 72.3 Å². The third-order valence-corrected chi connectivity index (χ3v) is 2.58. The smallest absolute Gasteiger partial charge is 0.419 e. The van der Waals surface area contributed by atoms with Gasteiger partial charge in [0.2, 0.25) is 0 Å². The molecule has 0 radical (unpaired) electrons. The second-order valence-corrected chi connectivity index (χ2v) is 3.97. The van der Waals surface area contributed by atoms with Crippen molar-refractivity contribution in [1.29, 1.82) is 0 Å². The van der Waals surface area contributed by atoms with Gasteiger partial charge in [-0.15, -0.1) is 0 Å². The maximum absolute atomic E-state index is 12.8. The Morgan fingerprint density at radius 3 is 2.67 bits per heavy atom. The van der Waals surface area contributed by atoms with Crippen molar-refractivity contribution in [3.8, 4) is 5.75 Å². The van der Waals surface area contributed by atoms with Crippen LogP contribution in [0.1, 0.15) is 21.6 Å². The van der Waals surface area contributed by atoms with Gasteiger partial charge >= 0.3 is 12.1 Å². The molecule has 0 bridgehead atoms. The number of nitrogens with zero attached hydrogens (tertiary/aromatic N) is 2. The molecule has 1 aromatic carbocycles. The number of halogens is 3. The van der Waals surface area contributed by atoms with Gasteiger partial charge in [-0.05, 0) is 12.1 Å². The van der Waals surface area contributed by atoms with Crippen LogP contribution in [0.15, 0.2) is 36.8 Å². The van der Waals surface area contributed by atoms with Crippen molar-refractivity contribution in [1.82, 2.24) is 9.97 Å². The van der Waals surface area contributed by atoms with E-state index < -0.39 is 24.3 Å². The van der Waals surface area contributed by atoms with Crippen molar-refractivity contribution in [2.75, 3.05) is 0 Å². The quantitative estimate of drug-likeness (QED) is 0.939. The minimum Gasteiger partial charge on any atom is -0.487 e. The third kappa shape index (κ3) is 3.47. The number of rotatable bonds is 4. The van der Waals surface area contributed by atoms with Crippen LogP contribution in [-0.4, -0.2) is 21.0 Å². The highest BCUT2D eigenvalue weighted by Crippen LogP contribution is 2.36. The number of aromatic carboxylic acids is 1. The van der Waals surface area contributed by atoms with Crippen molar-refractivity contribution in [2.24, 2.45) is 0 Å². The van der Waals surface area contributed by atoms with Gasteiger partial charge in [-0.2, -0.15) is 13.2 Å². The molecule has 0 atom stereocenters. The fourth-order valence-corrected chi connectivity index (χ4v) is 1.62. The standard InChI is InChI=1S/C13H9F3N2O3/c14-13(15,16)9-3-1-2-4-11(9)21-6-10-8(12(19)20)5-17-7-18-10/h1-5,7H,6H2,(H,19,20). The van der Waals surface area contributed by atoms with E-state index in [1.54, 1.807) is 0 Å². The van der Waals surface area contributed by atoms with E-state index in [2.05, 4.69) is 9.97 Å². The number of carboxylic acids is 1. The monoisotopic (exact) mass is 298 g/mol. The second kappa shape index (κ2) is 5.78. The zero-order valence-corrected chi connectivity index (χ0v) is 10.5. The zero-order valence-electron chi connectivity index (χ0n) is 10.5. The first kappa shape index (κ1) is 14.8. The maximum atomic E-state index is 12.8. The minimum atomic E-state index is -4.56. The van der Waals surface area contributed by atoms with Crippen LogP contribution in [0, 0.1) is 0 Å². The maximum Gasteiger partial charge on any atom is 0.419 e. The molecule has 0 aliphatic heterocycles. The Morgan fingerprint density at radius 1 is 1.29 bits per heavy atom. The Balaban J connectivity index is 2.24. The lowest BCUT2D eigenvalue weighted by atomic mass is 10.2. The Kier molecular flexibility index (Phi) is 4.06. The molecule has 110 valence electrons. The van der Waals surface area contributed by atoms with Gasteiger partial charge in [0.25, 0.3) is 0 Å². The molecule has 1 N–H and O–H groups in total. The number of carbonyl (C=O) groups is 1. The molecule has 2 rings (SSSR count). The Bertz CT molecular complexity index is 659. The minimum absolute atomic E-state index is 0.00511. The number of aromatic nitrogens is 2. The summed E-state index contributed by atoms with van der Waals surface area (Å²) in [5.74, 6) is -1.67. The Morgan fingerprint density at radius 2 is 2.00 bits per heavy atom. The van der Waals surface area contributed by atoms with Gasteiger partial charge in [-0.3, -0.25) is 0 Å². The summed E-state index contributed by atoms with van der Waals surface area (Å²) in [5.41, 5.74) is -1.16. The normalized spacial score (nSPS) is 11.2. The molecule has 1 heterocycles. The first-order valence-electron chi connectivity index (χ1n) is 5.71. The van der Waals surface area contributed by atoms with Gasteiger partial charge in [0.15, 0.2) is 0 Å². The summed E-state index contributed by atoms with van der Waals surface area (Å²) in [4.78, 5) is 18.2. The Labute approximate surface area is 117 Å². The van der Waals surface area contributed by atoms with Crippen LogP contribution in [0.5, 0.6) is 5.75 Å². The summed E-state index contributed by atoms with van der Waals surface area (Å²) >= 11 is 0. The lowest BCUT2D eigenvalue weighted by molar-refractivity contribution is -0.139. The largest absolute Gasteiger partial charge is 0.487 e. The van der Waals surface area contributed by atoms with Crippen LogP contribution in [0.3, 0.4) is 0 Å². The van der Waals surface area contributed by atoms with Crippen molar-refractivity contribution < 1.29 is 27.8 Å². The van der Waals surface area contributed by atoms with Crippen LogP contribution in [0.4, 0.5) is 13.2 Å². The lowest BCUT2D eigenvalue weighted by Gasteiger charge is -2.13. The molecule has 0 fully saturated rings. The highest BCUT2D eigenvalue weighted by atomic mass is 19.4. The van der Waals surface area contributed by atoms with E-state index in [-0.39, 0.29) is 17.0 Å². The van der Waals surface area contributed by atoms with Crippen molar-refractivity contribution in [3.05, 3.63) is 53.6 Å². The van der Waals surface area contributed by atoms with Gasteiger partial charge in [0, 0.05) is 6.20 Å². The first-order valence-corrected chi connectivity index (χ1v) is 5.71. The molecule has 0 aliphatic rings. The van der Waals surface area contributed by atoms with E-state index in [1.165, 1.54) is 12.1 Å². The molecule has 0 spiro atoms. The first-order chi connectivity index (χ1) is 9.89. The van der Waals surface area contributed by atoms with Gasteiger partial charge in [0.05, 0.1) is 11.3 Å². The van der Waals surface area contributed by atoms with E-state index in [0.29, 0.717) is 0 Å². The summed E-state index contributed by atoms with van der Waals surface area (Å²) in [5, 5.41) is 8.93. The summed E-state index contributed by atoms with van der Waals surface area (Å²) in [7, 11) is 0. The van der Waals surface area contributed by atoms with Crippen LogP contribution in [0.2, 0.25) is 0 Å². The Hall–Kier alpha value is -2.64. The van der Waals surface area contributed by atoms with Crippen LogP contribution >= 0.6 is 0 Å². The fourth-order valence-electron chi connectivity index (χ4n) is 1.62. The number of hydrogen-bond acceptors (Lipinski definition) is 4. The van der Waals surface area contributed by atoms with Crippen molar-refractivity contribution in [2.45, 2.75) is 12.8 Å². The third-order valence-electron chi connectivity index (χ3n) is 2.58. The molecule has 21 heavy (non-hydrogen) atoms. The summed E-state index contributed by atoms with van der Waals surface area (Å²) in [6.45, 7) is -0.406. The summed E-state index contributed by atoms with van der Waals surface area (Å²) in [6, 6.07) is 4.67. The molecule has 0 saturated carbocycles. The molecule has 0 amide bonds. The highest BCUT2D eigenvalue weighted by Gasteiger charge is 2.34. The average Bonchev–Trinajstić information content (AvgIpc) is 2.44. The predicted octanol–water partition coefficient (Wildman–Crippen LogP) is 2.77. The van der Waals surface area contributed by atoms with Gasteiger partial charge in [-0.25, -0.2) is 14.8 Å². The summed E-state index contributed by atoms with van der Waals surface area (Å²) in [6.07, 6.45) is -2.40. The van der Waals surface area contributed by atoms with E-state index >= 15 is 0 Å². The molecular formula is C13H9F3N2O3. The molecule has 1 aromatic heterocycles. The zero-order chi connectivity index (χ0) is 15.5. The number of alkyl halides is 3. The molecular weight excluding hydrogens is 289 g/mol. The van der Waals surface area contributed by atoms with Crippen LogP contribution in [0.25, 0.3) is 0 Å². The predicted molar refractivity (Wildman–Crippen MR) is 64.8 cm³/mol. The summed E-state index contributed by atoms with van der Waals surface area (Å²) < 4.78 is 43.4.